The van der Waals surface area contributed by atoms with Gasteiger partial charge < -0.3 is 9.84 Å². The van der Waals surface area contributed by atoms with E-state index in [4.69, 9.17) is 4.74 Å². The van der Waals surface area contributed by atoms with Crippen molar-refractivity contribution >= 4 is 0 Å². The summed E-state index contributed by atoms with van der Waals surface area (Å²) in [5.74, 6) is -2.14. The Morgan fingerprint density at radius 2 is 2.00 bits per heavy atom. The fourth-order valence-corrected chi connectivity index (χ4v) is 1.56. The van der Waals surface area contributed by atoms with Gasteiger partial charge in [-0.15, -0.1) is 0 Å². The largest absolute Gasteiger partial charge is 0.485 e. The maximum Gasteiger partial charge on any atom is 0.313 e. The Hall–Kier alpha value is -2.28. The molecular formula is C14H14F2N2O3. The molecule has 2 aromatic rings. The molecule has 2 rings (SSSR count). The first-order chi connectivity index (χ1) is 9.78. The van der Waals surface area contributed by atoms with Crippen molar-refractivity contribution in [3.05, 3.63) is 52.5 Å². The number of aromatic nitrogens is 2. The van der Waals surface area contributed by atoms with Gasteiger partial charge in [-0.3, -0.25) is 4.79 Å². The molecule has 0 saturated heterocycles. The van der Waals surface area contributed by atoms with Gasteiger partial charge >= 0.3 is 5.56 Å². The average molecular weight is 296 g/mol. The molecule has 0 atom stereocenters. The molecule has 0 bridgehead atoms. The third-order valence-electron chi connectivity index (χ3n) is 2.54. The third kappa shape index (κ3) is 3.63. The number of rotatable bonds is 4. The van der Waals surface area contributed by atoms with Crippen LogP contribution < -0.4 is 10.3 Å². The van der Waals surface area contributed by atoms with E-state index in [2.05, 4.69) is 5.10 Å². The molecule has 0 fully saturated rings. The molecule has 0 aliphatic carbocycles. The summed E-state index contributed by atoms with van der Waals surface area (Å²) < 4.78 is 32.2. The lowest BCUT2D eigenvalue weighted by atomic mass is 10.2. The van der Waals surface area contributed by atoms with Crippen LogP contribution in [0.25, 0.3) is 5.69 Å². The smallest absolute Gasteiger partial charge is 0.313 e. The molecule has 112 valence electrons. The van der Waals surface area contributed by atoms with Crippen molar-refractivity contribution in [2.75, 3.05) is 6.61 Å². The highest BCUT2D eigenvalue weighted by Gasteiger charge is 2.16. The molecule has 5 nitrogen and oxygen atoms in total. The minimum atomic E-state index is -1.11. The minimum absolute atomic E-state index is 0.0446. The number of benzene rings is 1. The standard InChI is InChI=1S/C14H14F2N2O3/c1-14(2,20)8-21-12-5-6-17-18(13(12)19)9-3-4-10(15)11(16)7-9/h3-7,20H,8H2,1-2H3. The first-order valence-electron chi connectivity index (χ1n) is 6.17. The SMILES string of the molecule is CC(C)(O)COc1ccnn(-c2ccc(F)c(F)c2)c1=O. The van der Waals surface area contributed by atoms with Gasteiger partial charge in [-0.25, -0.2) is 8.78 Å². The topological polar surface area (TPSA) is 64.3 Å². The normalized spacial score (nSPS) is 11.5. The fourth-order valence-electron chi connectivity index (χ4n) is 1.56. The highest BCUT2D eigenvalue weighted by molar-refractivity contribution is 5.33. The van der Waals surface area contributed by atoms with Gasteiger partial charge in [0.1, 0.15) is 6.61 Å². The minimum Gasteiger partial charge on any atom is -0.485 e. The Kier molecular flexibility index (Phi) is 4.04. The highest BCUT2D eigenvalue weighted by Crippen LogP contribution is 2.12. The third-order valence-corrected chi connectivity index (χ3v) is 2.54. The number of nitrogens with zero attached hydrogens (tertiary/aromatic N) is 2. The predicted octanol–water partition coefficient (Wildman–Crippen LogP) is 1.66. The Morgan fingerprint density at radius 1 is 1.29 bits per heavy atom. The van der Waals surface area contributed by atoms with Gasteiger partial charge in [-0.05, 0) is 26.0 Å². The summed E-state index contributed by atoms with van der Waals surface area (Å²) in [6.07, 6.45) is 1.29. The van der Waals surface area contributed by atoms with E-state index in [0.717, 1.165) is 16.8 Å². The summed E-state index contributed by atoms with van der Waals surface area (Å²) >= 11 is 0. The molecule has 1 heterocycles. The van der Waals surface area contributed by atoms with E-state index < -0.39 is 22.8 Å². The van der Waals surface area contributed by atoms with E-state index in [0.29, 0.717) is 0 Å². The summed E-state index contributed by atoms with van der Waals surface area (Å²) in [5.41, 5.74) is -1.66. The molecule has 1 aromatic carbocycles. The maximum atomic E-state index is 13.2. The van der Waals surface area contributed by atoms with Crippen LogP contribution in [0.2, 0.25) is 0 Å². The van der Waals surface area contributed by atoms with E-state index in [9.17, 15) is 18.7 Å². The lowest BCUT2D eigenvalue weighted by Gasteiger charge is -2.17. The second kappa shape index (κ2) is 5.61. The summed E-state index contributed by atoms with van der Waals surface area (Å²) in [6, 6.07) is 4.34. The fraction of sp³-hybridized carbons (Fsp3) is 0.286. The quantitative estimate of drug-likeness (QED) is 0.932. The van der Waals surface area contributed by atoms with Crippen molar-refractivity contribution in [1.82, 2.24) is 9.78 Å². The predicted molar refractivity (Wildman–Crippen MR) is 71.5 cm³/mol. The summed E-state index contributed by atoms with van der Waals surface area (Å²) in [6.45, 7) is 2.97. The molecule has 21 heavy (non-hydrogen) atoms. The van der Waals surface area contributed by atoms with Crippen LogP contribution in [0.5, 0.6) is 5.75 Å². The van der Waals surface area contributed by atoms with E-state index in [-0.39, 0.29) is 18.0 Å². The van der Waals surface area contributed by atoms with Crippen LogP contribution >= 0.6 is 0 Å². The van der Waals surface area contributed by atoms with Crippen LogP contribution in [-0.2, 0) is 0 Å². The Bertz CT molecular complexity index is 708. The Morgan fingerprint density at radius 3 is 2.62 bits per heavy atom. The number of ether oxygens (including phenoxy) is 1. The molecule has 0 aliphatic heterocycles. The molecule has 0 saturated carbocycles. The van der Waals surface area contributed by atoms with Crippen LogP contribution in [0.3, 0.4) is 0 Å². The molecule has 0 aliphatic rings. The second-order valence-corrected chi connectivity index (χ2v) is 5.11. The molecule has 0 amide bonds. The molecule has 1 N–H and O–H groups in total. The van der Waals surface area contributed by atoms with Crippen molar-refractivity contribution in [3.8, 4) is 11.4 Å². The zero-order valence-electron chi connectivity index (χ0n) is 11.5. The lowest BCUT2D eigenvalue weighted by molar-refractivity contribution is 0.0278. The molecule has 0 radical (unpaired) electrons. The molecule has 0 spiro atoms. The van der Waals surface area contributed by atoms with Crippen molar-refractivity contribution < 1.29 is 18.6 Å². The van der Waals surface area contributed by atoms with Crippen LogP contribution in [0.15, 0.2) is 35.3 Å². The molecular weight excluding hydrogens is 282 g/mol. The zero-order chi connectivity index (χ0) is 15.6. The summed E-state index contributed by atoms with van der Waals surface area (Å²) in [4.78, 5) is 12.2. The second-order valence-electron chi connectivity index (χ2n) is 5.11. The van der Waals surface area contributed by atoms with Gasteiger partial charge in [0, 0.05) is 12.1 Å². The molecule has 1 aromatic heterocycles. The Balaban J connectivity index is 2.37. The van der Waals surface area contributed by atoms with Crippen LogP contribution in [0.1, 0.15) is 13.8 Å². The number of aliphatic hydroxyl groups is 1. The van der Waals surface area contributed by atoms with Gasteiger partial charge in [0.2, 0.25) is 0 Å². The lowest BCUT2D eigenvalue weighted by Crippen LogP contribution is -2.31. The van der Waals surface area contributed by atoms with Crippen molar-refractivity contribution in [3.63, 3.8) is 0 Å². The van der Waals surface area contributed by atoms with Gasteiger partial charge in [-0.1, -0.05) is 0 Å². The number of hydrogen-bond donors (Lipinski definition) is 1. The van der Waals surface area contributed by atoms with E-state index >= 15 is 0 Å². The monoisotopic (exact) mass is 296 g/mol. The van der Waals surface area contributed by atoms with Crippen molar-refractivity contribution in [1.29, 1.82) is 0 Å². The summed E-state index contributed by atoms with van der Waals surface area (Å²) in [5, 5.41) is 13.4. The van der Waals surface area contributed by atoms with Gasteiger partial charge in [0.15, 0.2) is 17.4 Å². The van der Waals surface area contributed by atoms with E-state index in [1.54, 1.807) is 0 Å². The first kappa shape index (κ1) is 15.1. The zero-order valence-corrected chi connectivity index (χ0v) is 11.5. The first-order valence-corrected chi connectivity index (χ1v) is 6.17. The highest BCUT2D eigenvalue weighted by atomic mass is 19.2. The van der Waals surface area contributed by atoms with Gasteiger partial charge in [-0.2, -0.15) is 9.78 Å². The van der Waals surface area contributed by atoms with Crippen molar-refractivity contribution in [2.24, 2.45) is 0 Å². The van der Waals surface area contributed by atoms with Crippen LogP contribution in [0.4, 0.5) is 8.78 Å². The van der Waals surface area contributed by atoms with Crippen LogP contribution in [0, 0.1) is 11.6 Å². The average Bonchev–Trinajstić information content (AvgIpc) is 2.40. The maximum absolute atomic E-state index is 13.2. The number of halogens is 2. The number of hydrogen-bond acceptors (Lipinski definition) is 4. The molecule has 0 unspecified atom stereocenters. The van der Waals surface area contributed by atoms with Gasteiger partial charge in [0.05, 0.1) is 17.5 Å². The Labute approximate surface area is 119 Å². The van der Waals surface area contributed by atoms with E-state index in [1.807, 2.05) is 0 Å². The van der Waals surface area contributed by atoms with Crippen molar-refractivity contribution in [2.45, 2.75) is 19.4 Å². The van der Waals surface area contributed by atoms with Gasteiger partial charge in [0.25, 0.3) is 0 Å². The summed E-state index contributed by atoms with van der Waals surface area (Å²) in [7, 11) is 0. The molecule has 7 heteroatoms. The van der Waals surface area contributed by atoms with Crippen LogP contribution in [-0.4, -0.2) is 27.1 Å². The van der Waals surface area contributed by atoms with E-state index in [1.165, 1.54) is 32.2 Å².